The second-order valence-corrected chi connectivity index (χ2v) is 19.0. The number of pyridine rings is 1. The van der Waals surface area contributed by atoms with E-state index in [1.165, 1.54) is 11.1 Å². The molecule has 2 aliphatic rings. The summed E-state index contributed by atoms with van der Waals surface area (Å²) in [6, 6.07) is 80.0. The van der Waals surface area contributed by atoms with Crippen molar-refractivity contribution in [2.75, 3.05) is 9.80 Å². The Labute approximate surface area is 444 Å². The summed E-state index contributed by atoms with van der Waals surface area (Å²) >= 11 is 0. The third kappa shape index (κ3) is 7.78. The van der Waals surface area contributed by atoms with Crippen molar-refractivity contribution in [3.8, 4) is 61.8 Å². The van der Waals surface area contributed by atoms with Crippen molar-refractivity contribution in [3.63, 3.8) is 0 Å². The van der Waals surface area contributed by atoms with Gasteiger partial charge in [-0.3, -0.25) is 0 Å². The first-order valence-corrected chi connectivity index (χ1v) is 25.1. The van der Waals surface area contributed by atoms with E-state index in [0.717, 1.165) is 132 Å². The van der Waals surface area contributed by atoms with Crippen molar-refractivity contribution < 1.29 is 25.8 Å². The summed E-state index contributed by atoms with van der Waals surface area (Å²) in [7, 11) is 0. The van der Waals surface area contributed by atoms with Crippen LogP contribution in [0.4, 0.5) is 22.7 Å². The number of rotatable bonds is 9. The molecule has 74 heavy (non-hydrogen) atoms. The molecule has 0 N–H and O–H groups in total. The number of hydrogen-bond donors (Lipinski definition) is 0. The van der Waals surface area contributed by atoms with Gasteiger partial charge in [0.2, 0.25) is 0 Å². The SMILES string of the molecule is Cc1cc(-n2c3[c-]c(Oc4[c-]c(N5[CH-]N(c6c(-c7ccccc7)cccc6-c6ccccc6)c6cc7c(cc65)nc5n7CCCC5)ccc4)ccc3c3ccccc32)ncc1-c1ccccc1-c1ccccc1.[Pt]. The van der Waals surface area contributed by atoms with Crippen LogP contribution in [-0.4, -0.2) is 19.1 Å². The summed E-state index contributed by atoms with van der Waals surface area (Å²) in [5, 5.41) is 2.19. The van der Waals surface area contributed by atoms with E-state index in [1.54, 1.807) is 0 Å². The Morgan fingerprint density at radius 1 is 0.527 bits per heavy atom. The smallest absolute Gasteiger partial charge is 0.135 e. The maximum absolute atomic E-state index is 6.79. The quantitative estimate of drug-likeness (QED) is 0.135. The molecule has 5 heterocycles. The van der Waals surface area contributed by atoms with Gasteiger partial charge in [-0.2, -0.15) is 12.1 Å². The van der Waals surface area contributed by atoms with Gasteiger partial charge in [0, 0.05) is 91.0 Å². The monoisotopic (exact) mass is 1130 g/mol. The molecule has 0 radical (unpaired) electrons. The second kappa shape index (κ2) is 18.8. The van der Waals surface area contributed by atoms with E-state index in [4.69, 9.17) is 14.7 Å². The summed E-state index contributed by atoms with van der Waals surface area (Å²) in [5.41, 5.74) is 18.4. The Kier molecular flexibility index (Phi) is 11.5. The fraction of sp³-hybridized carbons (Fsp3) is 0.0758. The van der Waals surface area contributed by atoms with Crippen LogP contribution in [0.15, 0.2) is 212 Å². The second-order valence-electron chi connectivity index (χ2n) is 19.0. The number of para-hydroxylation sites is 2. The predicted molar refractivity (Wildman–Crippen MR) is 297 cm³/mol. The Bertz CT molecular complexity index is 4020. The number of nitrogens with zero attached hydrogens (tertiary/aromatic N) is 6. The number of anilines is 4. The largest absolute Gasteiger partial charge is 0.509 e. The first kappa shape index (κ1) is 45.4. The molecular formula is C66H47N6OPt-3. The molecule has 0 fully saturated rings. The van der Waals surface area contributed by atoms with Crippen LogP contribution in [0.3, 0.4) is 0 Å². The molecule has 0 spiro atoms. The maximum Gasteiger partial charge on any atom is 0.135 e. The molecule has 7 nitrogen and oxygen atoms in total. The van der Waals surface area contributed by atoms with E-state index in [9.17, 15) is 0 Å². The third-order valence-corrected chi connectivity index (χ3v) is 14.6. The van der Waals surface area contributed by atoms with E-state index in [2.05, 4.69) is 233 Å². The van der Waals surface area contributed by atoms with E-state index in [1.807, 2.05) is 24.4 Å². The number of aryl methyl sites for hydroxylation is 3. The number of imidazole rings is 1. The number of ether oxygens (including phenoxy) is 1. The molecule has 12 aromatic rings. The molecule has 0 saturated carbocycles. The normalized spacial score (nSPS) is 13.0. The van der Waals surface area contributed by atoms with Crippen LogP contribution in [0.25, 0.3) is 83.2 Å². The number of hydrogen-bond acceptors (Lipinski definition) is 5. The number of benzene rings is 9. The molecule has 2 aliphatic heterocycles. The summed E-state index contributed by atoms with van der Waals surface area (Å²) in [6.07, 6.45) is 5.30. The first-order valence-electron chi connectivity index (χ1n) is 25.1. The van der Waals surface area contributed by atoms with Crippen LogP contribution in [0.5, 0.6) is 11.5 Å². The summed E-state index contributed by atoms with van der Waals surface area (Å²) < 4.78 is 11.4. The van der Waals surface area contributed by atoms with Crippen LogP contribution in [-0.2, 0) is 34.0 Å². The van der Waals surface area contributed by atoms with Crippen molar-refractivity contribution in [2.45, 2.75) is 32.7 Å². The number of fused-ring (bicyclic) bond motifs is 7. The number of aromatic nitrogens is 4. The molecule has 8 heteroatoms. The maximum atomic E-state index is 6.79. The molecule has 360 valence electrons. The van der Waals surface area contributed by atoms with Gasteiger partial charge in [0.15, 0.2) is 0 Å². The zero-order valence-electron chi connectivity index (χ0n) is 40.5. The van der Waals surface area contributed by atoms with Gasteiger partial charge in [0.25, 0.3) is 0 Å². The fourth-order valence-corrected chi connectivity index (χ4v) is 11.2. The van der Waals surface area contributed by atoms with Crippen LogP contribution in [0, 0.1) is 25.7 Å². The zero-order valence-corrected chi connectivity index (χ0v) is 42.8. The van der Waals surface area contributed by atoms with Crippen molar-refractivity contribution in [2.24, 2.45) is 0 Å². The van der Waals surface area contributed by atoms with E-state index < -0.39 is 0 Å². The van der Waals surface area contributed by atoms with Crippen LogP contribution >= 0.6 is 0 Å². The Hall–Kier alpha value is -8.51. The van der Waals surface area contributed by atoms with Gasteiger partial charge in [-0.15, -0.1) is 48.1 Å². The van der Waals surface area contributed by atoms with Gasteiger partial charge in [-0.05, 0) is 82.8 Å². The van der Waals surface area contributed by atoms with Gasteiger partial charge < -0.3 is 23.7 Å². The Morgan fingerprint density at radius 3 is 1.91 bits per heavy atom. The standard InChI is InChI=1S/C66H47N6O.Pt/c1-44-37-65(67-42-57(44)54-28-12-11-27-51(54)45-19-5-2-6-20-45)72-59-32-14-13-29-55(59)56-35-34-50(39-60(56)72)73-49-26-17-25-48(38-49)70-43-71(63-41-61-58(40-62(63)70)68-64-33-15-16-36-69(61)64)66-52(46-21-7-3-8-22-46)30-18-31-53(66)47-23-9-4-10-24-47;/h2-14,17-32,34-35,37,40-43H,15-16,33,36H2,1H3;/q-3;. The topological polar surface area (TPSA) is 51.4 Å². The molecule has 0 aliphatic carbocycles. The minimum absolute atomic E-state index is 0. The third-order valence-electron chi connectivity index (χ3n) is 14.6. The van der Waals surface area contributed by atoms with Gasteiger partial charge >= 0.3 is 0 Å². The van der Waals surface area contributed by atoms with Crippen molar-refractivity contribution in [1.29, 1.82) is 0 Å². The summed E-state index contributed by atoms with van der Waals surface area (Å²) in [5.74, 6) is 3.13. The molecule has 14 rings (SSSR count). The van der Waals surface area contributed by atoms with Gasteiger partial charge in [0.1, 0.15) is 11.6 Å². The van der Waals surface area contributed by atoms with E-state index in [-0.39, 0.29) is 21.1 Å². The molecule has 0 saturated heterocycles. The minimum Gasteiger partial charge on any atom is -0.509 e. The first-order chi connectivity index (χ1) is 36.1. The molecule has 0 unspecified atom stereocenters. The molecule has 0 atom stereocenters. The molecule has 9 aromatic carbocycles. The van der Waals surface area contributed by atoms with Crippen molar-refractivity contribution in [3.05, 3.63) is 243 Å². The van der Waals surface area contributed by atoms with Crippen LogP contribution in [0.2, 0.25) is 0 Å². The minimum atomic E-state index is 0. The van der Waals surface area contributed by atoms with E-state index >= 15 is 0 Å². The zero-order chi connectivity index (χ0) is 48.4. The molecule has 3 aromatic heterocycles. The van der Waals surface area contributed by atoms with E-state index in [0.29, 0.717) is 11.5 Å². The molecule has 0 amide bonds. The van der Waals surface area contributed by atoms with Crippen LogP contribution < -0.4 is 14.5 Å². The van der Waals surface area contributed by atoms with Gasteiger partial charge in [-0.1, -0.05) is 157 Å². The molecule has 0 bridgehead atoms. The molecular weight excluding hydrogens is 1090 g/mol. The average molecular weight is 1140 g/mol. The fourth-order valence-electron chi connectivity index (χ4n) is 11.2. The predicted octanol–water partition coefficient (Wildman–Crippen LogP) is 16.6. The summed E-state index contributed by atoms with van der Waals surface area (Å²) in [6.45, 7) is 5.35. The van der Waals surface area contributed by atoms with Crippen LogP contribution in [0.1, 0.15) is 24.2 Å². The van der Waals surface area contributed by atoms with Gasteiger partial charge in [-0.25, -0.2) is 9.97 Å². The Balaban J connectivity index is 0.00000528. The van der Waals surface area contributed by atoms with Crippen molar-refractivity contribution >= 4 is 55.6 Å². The average Bonchev–Trinajstić information content (AvgIpc) is 4.15. The summed E-state index contributed by atoms with van der Waals surface area (Å²) in [4.78, 5) is 15.0. The van der Waals surface area contributed by atoms with Gasteiger partial charge in [0.05, 0.1) is 11.0 Å². The Morgan fingerprint density at radius 2 is 1.16 bits per heavy atom. The van der Waals surface area contributed by atoms with Crippen molar-refractivity contribution in [1.82, 2.24) is 19.1 Å².